The molecule has 0 aromatic carbocycles. The molecule has 0 saturated heterocycles. The van der Waals surface area contributed by atoms with Crippen molar-refractivity contribution in [2.45, 2.75) is 24.2 Å². The second-order valence-corrected chi connectivity index (χ2v) is 6.29. The van der Waals surface area contributed by atoms with Crippen LogP contribution < -0.4 is 5.43 Å². The van der Waals surface area contributed by atoms with Gasteiger partial charge in [-0.2, -0.15) is 0 Å². The van der Waals surface area contributed by atoms with Crippen molar-refractivity contribution >= 4 is 33.0 Å². The van der Waals surface area contributed by atoms with E-state index in [9.17, 15) is 8.42 Å². The zero-order chi connectivity index (χ0) is 11.6. The first kappa shape index (κ1) is 12.9. The van der Waals surface area contributed by atoms with E-state index < -0.39 is 10.0 Å². The fourth-order valence-electron chi connectivity index (χ4n) is 1.10. The average molecular weight is 270 g/mol. The smallest absolute Gasteiger partial charge is 0.244 e. The molecule has 0 fully saturated rings. The number of aromatic nitrogens is 1. The molecule has 1 aromatic heterocycles. The molecule has 1 heterocycles. The van der Waals surface area contributed by atoms with Crippen LogP contribution in [0.15, 0.2) is 9.72 Å². The Balaban J connectivity index is 3.12. The van der Waals surface area contributed by atoms with Crippen LogP contribution in [0.3, 0.4) is 0 Å². The van der Waals surface area contributed by atoms with Crippen molar-refractivity contribution in [1.29, 1.82) is 0 Å². The minimum absolute atomic E-state index is 0.00412. The summed E-state index contributed by atoms with van der Waals surface area (Å²) in [6.07, 6.45) is 0. The maximum atomic E-state index is 12.0. The summed E-state index contributed by atoms with van der Waals surface area (Å²) in [6, 6.07) is -0.192. The molecule has 0 spiro atoms. The van der Waals surface area contributed by atoms with Gasteiger partial charge in [0.15, 0.2) is 0 Å². The maximum Gasteiger partial charge on any atom is 0.283 e. The molecule has 8 heteroatoms. The highest BCUT2D eigenvalue weighted by atomic mass is 35.5. The number of hydrogen-bond acceptors (Lipinski definition) is 5. The molecular formula is C7H12ClN3O2S2. The lowest BCUT2D eigenvalue weighted by atomic mass is 10.4. The summed E-state index contributed by atoms with van der Waals surface area (Å²) in [7, 11) is -2.04. The molecule has 0 atom stereocenters. The van der Waals surface area contributed by atoms with Gasteiger partial charge in [0.1, 0.15) is 5.15 Å². The molecule has 1 rings (SSSR count). The standard InChI is InChI=1S/C7H12ClN3O2S2/c1-5(2)11(9-3)15(12,13)7-10-6(8)4-14-7/h4-5,9H,1-3H3. The second kappa shape index (κ2) is 4.75. The van der Waals surface area contributed by atoms with Gasteiger partial charge in [-0.25, -0.2) is 18.8 Å². The molecule has 86 valence electrons. The number of nitrogens with zero attached hydrogens (tertiary/aromatic N) is 2. The summed E-state index contributed by atoms with van der Waals surface area (Å²) in [4.78, 5) is 3.75. The zero-order valence-corrected chi connectivity index (χ0v) is 10.9. The molecule has 15 heavy (non-hydrogen) atoms. The SMILES string of the molecule is CNN(C(C)C)S(=O)(=O)c1nc(Cl)cs1. The van der Waals surface area contributed by atoms with E-state index in [1.54, 1.807) is 20.9 Å². The highest BCUT2D eigenvalue weighted by Crippen LogP contribution is 2.22. The van der Waals surface area contributed by atoms with Gasteiger partial charge in [-0.1, -0.05) is 11.6 Å². The van der Waals surface area contributed by atoms with Crippen molar-refractivity contribution in [2.75, 3.05) is 7.05 Å². The Morgan fingerprint density at radius 3 is 2.53 bits per heavy atom. The second-order valence-electron chi connectivity index (χ2n) is 3.05. The fraction of sp³-hybridized carbons (Fsp3) is 0.571. The van der Waals surface area contributed by atoms with Gasteiger partial charge < -0.3 is 0 Å². The van der Waals surface area contributed by atoms with E-state index in [-0.39, 0.29) is 15.5 Å². The molecule has 0 saturated carbocycles. The Morgan fingerprint density at radius 1 is 1.60 bits per heavy atom. The van der Waals surface area contributed by atoms with Gasteiger partial charge >= 0.3 is 0 Å². The van der Waals surface area contributed by atoms with Gasteiger partial charge in [0.2, 0.25) is 4.34 Å². The summed E-state index contributed by atoms with van der Waals surface area (Å²) in [5.41, 5.74) is 2.62. The Bertz CT molecular complexity index is 429. The lowest BCUT2D eigenvalue weighted by molar-refractivity contribution is 0.291. The predicted molar refractivity (Wildman–Crippen MR) is 60.3 cm³/mol. The lowest BCUT2D eigenvalue weighted by Gasteiger charge is -2.22. The Hall–Kier alpha value is -0.210. The van der Waals surface area contributed by atoms with Gasteiger partial charge in [0.25, 0.3) is 10.0 Å². The van der Waals surface area contributed by atoms with Crippen molar-refractivity contribution in [3.63, 3.8) is 0 Å². The van der Waals surface area contributed by atoms with Gasteiger partial charge in [-0.15, -0.1) is 15.8 Å². The monoisotopic (exact) mass is 269 g/mol. The summed E-state index contributed by atoms with van der Waals surface area (Å²) in [6.45, 7) is 3.53. The van der Waals surface area contributed by atoms with Gasteiger partial charge in [-0.3, -0.25) is 0 Å². The van der Waals surface area contributed by atoms with Crippen LogP contribution in [-0.2, 0) is 10.0 Å². The van der Waals surface area contributed by atoms with Crippen LogP contribution in [0.1, 0.15) is 13.8 Å². The van der Waals surface area contributed by atoms with Crippen molar-refractivity contribution in [3.8, 4) is 0 Å². The molecule has 1 aromatic rings. The van der Waals surface area contributed by atoms with Crippen LogP contribution in [0.25, 0.3) is 0 Å². The van der Waals surface area contributed by atoms with Crippen LogP contribution in [0, 0.1) is 0 Å². The van der Waals surface area contributed by atoms with Gasteiger partial charge in [-0.05, 0) is 20.9 Å². The van der Waals surface area contributed by atoms with E-state index in [0.717, 1.165) is 15.8 Å². The van der Waals surface area contributed by atoms with Crippen LogP contribution in [0.2, 0.25) is 5.15 Å². The normalized spacial score (nSPS) is 12.7. The third kappa shape index (κ3) is 2.67. The molecule has 1 N–H and O–H groups in total. The average Bonchev–Trinajstić information content (AvgIpc) is 2.52. The van der Waals surface area contributed by atoms with E-state index in [1.807, 2.05) is 0 Å². The number of hydrazine groups is 1. The van der Waals surface area contributed by atoms with Gasteiger partial charge in [0.05, 0.1) is 0 Å². The van der Waals surface area contributed by atoms with Crippen molar-refractivity contribution < 1.29 is 8.42 Å². The number of rotatable bonds is 4. The predicted octanol–water partition coefficient (Wildman–Crippen LogP) is 1.33. The third-order valence-electron chi connectivity index (χ3n) is 1.62. The highest BCUT2D eigenvalue weighted by molar-refractivity contribution is 7.91. The van der Waals surface area contributed by atoms with Crippen LogP contribution in [-0.4, -0.2) is 30.9 Å². The molecule has 0 aliphatic carbocycles. The first-order valence-corrected chi connectivity index (χ1v) is 6.92. The maximum absolute atomic E-state index is 12.0. The van der Waals surface area contributed by atoms with E-state index >= 15 is 0 Å². The van der Waals surface area contributed by atoms with Gasteiger partial charge in [0, 0.05) is 11.4 Å². The summed E-state index contributed by atoms with van der Waals surface area (Å²) in [5, 5.41) is 1.68. The molecule has 0 aliphatic rings. The van der Waals surface area contributed by atoms with Crippen LogP contribution >= 0.6 is 22.9 Å². The first-order chi connectivity index (χ1) is 6.89. The quantitative estimate of drug-likeness (QED) is 0.838. The molecule has 0 radical (unpaired) electrons. The lowest BCUT2D eigenvalue weighted by Crippen LogP contribution is -2.45. The highest BCUT2D eigenvalue weighted by Gasteiger charge is 2.28. The number of hydrogen-bond donors (Lipinski definition) is 1. The molecule has 0 unspecified atom stereocenters. The van der Waals surface area contributed by atoms with E-state index in [0.29, 0.717) is 0 Å². The largest absolute Gasteiger partial charge is 0.283 e. The van der Waals surface area contributed by atoms with Crippen molar-refractivity contribution in [2.24, 2.45) is 0 Å². The molecule has 5 nitrogen and oxygen atoms in total. The van der Waals surface area contributed by atoms with Crippen molar-refractivity contribution in [3.05, 3.63) is 10.5 Å². The first-order valence-electron chi connectivity index (χ1n) is 4.22. The Labute approximate surface area is 98.1 Å². The number of halogens is 1. The van der Waals surface area contributed by atoms with Crippen LogP contribution in [0.5, 0.6) is 0 Å². The Kier molecular flexibility index (Phi) is 4.07. The van der Waals surface area contributed by atoms with Crippen molar-refractivity contribution in [1.82, 2.24) is 14.8 Å². The minimum atomic E-state index is -3.58. The summed E-state index contributed by atoms with van der Waals surface area (Å²) in [5.74, 6) is 0. The number of thiazole rings is 1. The fourth-order valence-corrected chi connectivity index (χ4v) is 3.87. The van der Waals surface area contributed by atoms with E-state index in [4.69, 9.17) is 11.6 Å². The van der Waals surface area contributed by atoms with E-state index in [1.165, 1.54) is 5.38 Å². The topological polar surface area (TPSA) is 62.3 Å². The third-order valence-corrected chi connectivity index (χ3v) is 5.16. The molecule has 0 amide bonds. The van der Waals surface area contributed by atoms with E-state index in [2.05, 4.69) is 10.4 Å². The molecule has 0 bridgehead atoms. The molecule has 0 aliphatic heterocycles. The molecular weight excluding hydrogens is 258 g/mol. The summed E-state index contributed by atoms with van der Waals surface area (Å²) < 4.78 is 25.1. The minimum Gasteiger partial charge on any atom is -0.244 e. The Morgan fingerprint density at radius 2 is 2.20 bits per heavy atom. The summed E-state index contributed by atoms with van der Waals surface area (Å²) >= 11 is 6.59. The van der Waals surface area contributed by atoms with Crippen LogP contribution in [0.4, 0.5) is 0 Å². The zero-order valence-electron chi connectivity index (χ0n) is 8.56. The number of nitrogens with one attached hydrogen (secondary N) is 1. The number of sulfonamides is 1.